The molecule has 2 aliphatic rings. The van der Waals surface area contributed by atoms with Gasteiger partial charge >= 0.3 is 0 Å². The van der Waals surface area contributed by atoms with E-state index in [1.807, 2.05) is 12.1 Å². The van der Waals surface area contributed by atoms with Crippen LogP contribution in [-0.4, -0.2) is 65.3 Å². The number of rotatable bonds is 7. The molecule has 0 saturated carbocycles. The molecule has 2 atom stereocenters. The molecule has 2 unspecified atom stereocenters. The van der Waals surface area contributed by atoms with Crippen LogP contribution in [-0.2, 0) is 26.0 Å². The molecule has 0 spiro atoms. The van der Waals surface area contributed by atoms with Crippen molar-refractivity contribution in [1.82, 2.24) is 9.62 Å². The minimum atomic E-state index is -3.16. The molecule has 1 saturated heterocycles. The first-order valence-electron chi connectivity index (χ1n) is 9.40. The Kier molecular flexibility index (Phi) is 6.47. The van der Waals surface area contributed by atoms with Gasteiger partial charge in [-0.15, -0.1) is 0 Å². The van der Waals surface area contributed by atoms with E-state index < -0.39 is 10.0 Å². The molecule has 1 fully saturated rings. The number of ether oxygens (including phenoxy) is 3. The second-order valence-electron chi connectivity index (χ2n) is 7.26. The highest BCUT2D eigenvalue weighted by molar-refractivity contribution is 7.88. The Morgan fingerprint density at radius 2 is 1.96 bits per heavy atom. The van der Waals surface area contributed by atoms with Crippen LogP contribution in [0.25, 0.3) is 0 Å². The van der Waals surface area contributed by atoms with Gasteiger partial charge in [-0.1, -0.05) is 6.07 Å². The van der Waals surface area contributed by atoms with E-state index >= 15 is 0 Å². The van der Waals surface area contributed by atoms with E-state index in [0.29, 0.717) is 44.0 Å². The van der Waals surface area contributed by atoms with E-state index in [1.165, 1.54) is 10.6 Å². The summed E-state index contributed by atoms with van der Waals surface area (Å²) in [6.07, 6.45) is 3.70. The van der Waals surface area contributed by atoms with Crippen molar-refractivity contribution in [2.24, 2.45) is 5.92 Å². The molecule has 1 amide bonds. The summed E-state index contributed by atoms with van der Waals surface area (Å²) in [6.45, 7) is 1.37. The number of fused-ring (bicyclic) bond motifs is 1. The fraction of sp³-hybridized carbons (Fsp3) is 0.632. The summed E-state index contributed by atoms with van der Waals surface area (Å²) in [4.78, 5) is 10.8. The van der Waals surface area contributed by atoms with Crippen LogP contribution in [0.4, 0.5) is 0 Å². The zero-order valence-corrected chi connectivity index (χ0v) is 17.3. The molecule has 156 valence electrons. The van der Waals surface area contributed by atoms with Gasteiger partial charge in [-0.3, -0.25) is 4.79 Å². The summed E-state index contributed by atoms with van der Waals surface area (Å²) in [5.74, 6) is 1.59. The van der Waals surface area contributed by atoms with Gasteiger partial charge in [0.2, 0.25) is 16.4 Å². The topological polar surface area (TPSA) is 94.2 Å². The normalized spacial score (nSPS) is 23.7. The van der Waals surface area contributed by atoms with E-state index in [4.69, 9.17) is 14.2 Å². The Bertz CT molecular complexity index is 805. The molecule has 2 heterocycles. The maximum absolute atomic E-state index is 11.8. The van der Waals surface area contributed by atoms with Crippen LogP contribution in [0.5, 0.6) is 11.5 Å². The molecule has 0 bridgehead atoms. The number of carbonyl (C=O) groups is 1. The highest BCUT2D eigenvalue weighted by Gasteiger charge is 2.37. The van der Waals surface area contributed by atoms with Crippen molar-refractivity contribution in [3.05, 3.63) is 23.3 Å². The second kappa shape index (κ2) is 8.67. The molecule has 1 aromatic carbocycles. The highest BCUT2D eigenvalue weighted by Crippen LogP contribution is 2.43. The Morgan fingerprint density at radius 1 is 1.25 bits per heavy atom. The summed E-state index contributed by atoms with van der Waals surface area (Å²) in [7, 11) is 0.0575. The Morgan fingerprint density at radius 3 is 2.54 bits per heavy atom. The van der Waals surface area contributed by atoms with Crippen LogP contribution >= 0.6 is 0 Å². The number of hydrogen-bond donors (Lipinski definition) is 1. The van der Waals surface area contributed by atoms with E-state index in [0.717, 1.165) is 24.0 Å². The monoisotopic (exact) mass is 412 g/mol. The second-order valence-corrected chi connectivity index (χ2v) is 9.24. The molecule has 9 heteroatoms. The largest absolute Gasteiger partial charge is 0.493 e. The highest BCUT2D eigenvalue weighted by atomic mass is 32.2. The summed E-state index contributed by atoms with van der Waals surface area (Å²) in [5, 5.41) is 2.71. The first kappa shape index (κ1) is 20.9. The number of sulfonamides is 1. The number of hydrogen-bond acceptors (Lipinski definition) is 6. The SMILES string of the molecule is COc1ccc2c(c1OC)CC(C1CCN(S(C)(=O)=O)CC1)OC2CNC=O. The molecular formula is C19H28N2O6S. The van der Waals surface area contributed by atoms with Crippen LogP contribution in [0, 0.1) is 5.92 Å². The molecule has 0 aliphatic carbocycles. The molecule has 3 rings (SSSR count). The van der Waals surface area contributed by atoms with Crippen molar-refractivity contribution in [3.63, 3.8) is 0 Å². The number of piperidine rings is 1. The van der Waals surface area contributed by atoms with Crippen LogP contribution < -0.4 is 14.8 Å². The minimum absolute atomic E-state index is 0.0753. The summed E-state index contributed by atoms with van der Waals surface area (Å²) < 4.78 is 42.5. The quantitative estimate of drug-likeness (QED) is 0.674. The third kappa shape index (κ3) is 4.26. The molecule has 28 heavy (non-hydrogen) atoms. The maximum Gasteiger partial charge on any atom is 0.211 e. The van der Waals surface area contributed by atoms with Crippen LogP contribution in [0.2, 0.25) is 0 Å². The average Bonchev–Trinajstić information content (AvgIpc) is 2.70. The lowest BCUT2D eigenvalue weighted by Crippen LogP contribution is -2.44. The standard InChI is InChI=1S/C19H28N2O6S/c1-25-16-5-4-14-15(19(16)26-2)10-17(27-18(14)11-20-12-22)13-6-8-21(9-7-13)28(3,23)24/h4-5,12-13,17-18H,6-11H2,1-3H3,(H,20,22). The number of carbonyl (C=O) groups excluding carboxylic acids is 1. The molecular weight excluding hydrogens is 384 g/mol. The third-order valence-corrected chi connectivity index (χ3v) is 6.96. The lowest BCUT2D eigenvalue weighted by Gasteiger charge is -2.40. The number of nitrogens with zero attached hydrogens (tertiary/aromatic N) is 1. The van der Waals surface area contributed by atoms with Gasteiger partial charge in [0.1, 0.15) is 6.10 Å². The number of benzene rings is 1. The fourth-order valence-corrected chi connectivity index (χ4v) is 5.10. The van der Waals surface area contributed by atoms with Crippen molar-refractivity contribution in [1.29, 1.82) is 0 Å². The van der Waals surface area contributed by atoms with E-state index in [-0.39, 0.29) is 18.1 Å². The van der Waals surface area contributed by atoms with Crippen molar-refractivity contribution in [3.8, 4) is 11.5 Å². The van der Waals surface area contributed by atoms with Gasteiger partial charge in [-0.2, -0.15) is 0 Å². The van der Waals surface area contributed by atoms with Gasteiger partial charge in [-0.25, -0.2) is 12.7 Å². The van der Waals surface area contributed by atoms with Crippen LogP contribution in [0.15, 0.2) is 12.1 Å². The number of methoxy groups -OCH3 is 2. The summed E-state index contributed by atoms with van der Waals surface area (Å²) in [6, 6.07) is 3.80. The molecule has 1 aromatic rings. The zero-order chi connectivity index (χ0) is 20.3. The van der Waals surface area contributed by atoms with E-state index in [9.17, 15) is 13.2 Å². The predicted octanol–water partition coefficient (Wildman–Crippen LogP) is 1.10. The summed E-state index contributed by atoms with van der Waals surface area (Å²) in [5.41, 5.74) is 2.01. The van der Waals surface area contributed by atoms with Crippen LogP contribution in [0.1, 0.15) is 30.1 Å². The Hall–Kier alpha value is -1.84. The van der Waals surface area contributed by atoms with Gasteiger partial charge in [0.25, 0.3) is 0 Å². The smallest absolute Gasteiger partial charge is 0.211 e. The van der Waals surface area contributed by atoms with Gasteiger partial charge in [0.15, 0.2) is 11.5 Å². The predicted molar refractivity (Wildman–Crippen MR) is 104 cm³/mol. The number of amides is 1. The van der Waals surface area contributed by atoms with Crippen molar-refractivity contribution >= 4 is 16.4 Å². The maximum atomic E-state index is 11.8. The van der Waals surface area contributed by atoms with Gasteiger partial charge in [0.05, 0.1) is 26.6 Å². The lowest BCUT2D eigenvalue weighted by atomic mass is 9.83. The molecule has 0 radical (unpaired) electrons. The lowest BCUT2D eigenvalue weighted by molar-refractivity contribution is -0.111. The molecule has 0 aromatic heterocycles. The van der Waals surface area contributed by atoms with Gasteiger partial charge in [-0.05, 0) is 30.4 Å². The third-order valence-electron chi connectivity index (χ3n) is 5.66. The van der Waals surface area contributed by atoms with E-state index in [1.54, 1.807) is 14.2 Å². The van der Waals surface area contributed by atoms with Gasteiger partial charge < -0.3 is 19.5 Å². The minimum Gasteiger partial charge on any atom is -0.493 e. The first-order chi connectivity index (χ1) is 13.4. The van der Waals surface area contributed by atoms with Crippen LogP contribution in [0.3, 0.4) is 0 Å². The number of nitrogens with one attached hydrogen (secondary N) is 1. The van der Waals surface area contributed by atoms with Crippen molar-refractivity contribution < 1.29 is 27.4 Å². The fourth-order valence-electron chi connectivity index (χ4n) is 4.22. The Labute approximate surface area is 166 Å². The van der Waals surface area contributed by atoms with Crippen molar-refractivity contribution in [2.45, 2.75) is 31.5 Å². The molecule has 1 N–H and O–H groups in total. The zero-order valence-electron chi connectivity index (χ0n) is 16.5. The van der Waals surface area contributed by atoms with Crippen molar-refractivity contribution in [2.75, 3.05) is 40.1 Å². The summed E-state index contributed by atoms with van der Waals surface area (Å²) >= 11 is 0. The first-order valence-corrected chi connectivity index (χ1v) is 11.2. The van der Waals surface area contributed by atoms with E-state index in [2.05, 4.69) is 5.32 Å². The Balaban J connectivity index is 1.85. The van der Waals surface area contributed by atoms with Gasteiger partial charge in [0, 0.05) is 31.6 Å². The average molecular weight is 413 g/mol. The molecule has 2 aliphatic heterocycles. The molecule has 8 nitrogen and oxygen atoms in total.